The van der Waals surface area contributed by atoms with Crippen molar-refractivity contribution in [3.63, 3.8) is 0 Å². The molecule has 1 saturated heterocycles. The lowest BCUT2D eigenvalue weighted by Gasteiger charge is -2.31. The van der Waals surface area contributed by atoms with Gasteiger partial charge in [0.15, 0.2) is 0 Å². The number of nitro benzene ring substituents is 1. The van der Waals surface area contributed by atoms with E-state index in [1.54, 1.807) is 6.92 Å². The summed E-state index contributed by atoms with van der Waals surface area (Å²) in [6.07, 6.45) is -4.61. The summed E-state index contributed by atoms with van der Waals surface area (Å²) in [5.41, 5.74) is -0.708. The smallest absolute Gasteiger partial charge is 0.326 e. The SMILES string of the molecule is Cc1ccc(NC(=O)C2CCN(S(=O)(=O)c3ccccc3C(F)(F)F)CC2)cc1[N+](=O)[O-]. The molecule has 1 N–H and O–H groups in total. The van der Waals surface area contributed by atoms with Gasteiger partial charge in [-0.2, -0.15) is 17.5 Å². The van der Waals surface area contributed by atoms with E-state index in [4.69, 9.17) is 0 Å². The fourth-order valence-electron chi connectivity index (χ4n) is 3.55. The first-order valence-electron chi connectivity index (χ1n) is 9.63. The molecule has 0 saturated carbocycles. The number of piperidine rings is 1. The molecule has 2 aromatic carbocycles. The molecule has 8 nitrogen and oxygen atoms in total. The van der Waals surface area contributed by atoms with E-state index in [9.17, 15) is 36.5 Å². The molecule has 0 atom stereocenters. The average Bonchev–Trinajstić information content (AvgIpc) is 2.74. The maximum absolute atomic E-state index is 13.2. The molecule has 2 aromatic rings. The van der Waals surface area contributed by atoms with Gasteiger partial charge in [0, 0.05) is 36.3 Å². The maximum Gasteiger partial charge on any atom is 0.417 e. The van der Waals surface area contributed by atoms with E-state index in [2.05, 4.69) is 5.32 Å². The Morgan fingerprint density at radius 3 is 2.38 bits per heavy atom. The molecule has 3 rings (SSSR count). The first kappa shape index (κ1) is 23.7. The first-order chi connectivity index (χ1) is 14.9. The van der Waals surface area contributed by atoms with E-state index in [1.807, 2.05) is 0 Å². The molecular weight excluding hydrogens is 451 g/mol. The summed E-state index contributed by atoms with van der Waals surface area (Å²) < 4.78 is 66.3. The fourth-order valence-corrected chi connectivity index (χ4v) is 5.23. The number of nitrogens with one attached hydrogen (secondary N) is 1. The highest BCUT2D eigenvalue weighted by atomic mass is 32.2. The van der Waals surface area contributed by atoms with Crippen molar-refractivity contribution < 1.29 is 31.3 Å². The summed E-state index contributed by atoms with van der Waals surface area (Å²) in [6, 6.07) is 8.24. The van der Waals surface area contributed by atoms with Crippen molar-refractivity contribution in [1.29, 1.82) is 0 Å². The summed E-state index contributed by atoms with van der Waals surface area (Å²) in [4.78, 5) is 22.2. The Bertz CT molecular complexity index is 1140. The van der Waals surface area contributed by atoms with Gasteiger partial charge in [0.25, 0.3) is 5.69 Å². The molecular formula is C20H20F3N3O5S. The van der Waals surface area contributed by atoms with Crippen LogP contribution < -0.4 is 5.32 Å². The Morgan fingerprint density at radius 1 is 1.16 bits per heavy atom. The van der Waals surface area contributed by atoms with Crippen LogP contribution in [0.3, 0.4) is 0 Å². The van der Waals surface area contributed by atoms with Crippen LogP contribution in [0.1, 0.15) is 24.0 Å². The Hall–Kier alpha value is -2.99. The zero-order chi connectivity index (χ0) is 23.7. The van der Waals surface area contributed by atoms with Gasteiger partial charge in [-0.05, 0) is 38.0 Å². The molecule has 0 unspecified atom stereocenters. The number of benzene rings is 2. The molecule has 172 valence electrons. The monoisotopic (exact) mass is 471 g/mol. The number of amides is 1. The quantitative estimate of drug-likeness (QED) is 0.524. The molecule has 0 aromatic heterocycles. The summed E-state index contributed by atoms with van der Waals surface area (Å²) in [6.45, 7) is 1.32. The van der Waals surface area contributed by atoms with Crippen molar-refractivity contribution in [2.75, 3.05) is 18.4 Å². The number of alkyl halides is 3. The van der Waals surface area contributed by atoms with Crippen LogP contribution in [-0.4, -0.2) is 36.6 Å². The topological polar surface area (TPSA) is 110 Å². The number of nitrogens with zero attached hydrogens (tertiary/aromatic N) is 2. The van der Waals surface area contributed by atoms with Crippen LogP contribution in [0.2, 0.25) is 0 Å². The van der Waals surface area contributed by atoms with Crippen molar-refractivity contribution in [2.24, 2.45) is 5.92 Å². The van der Waals surface area contributed by atoms with Crippen LogP contribution in [0, 0.1) is 23.0 Å². The third kappa shape index (κ3) is 4.91. The molecule has 0 radical (unpaired) electrons. The van der Waals surface area contributed by atoms with Crippen LogP contribution in [0.25, 0.3) is 0 Å². The molecule has 0 aliphatic carbocycles. The summed E-state index contributed by atoms with van der Waals surface area (Å²) in [5, 5.41) is 13.6. The first-order valence-corrected chi connectivity index (χ1v) is 11.1. The van der Waals surface area contributed by atoms with Gasteiger partial charge in [0.05, 0.1) is 15.4 Å². The molecule has 1 fully saturated rings. The Labute approximate surface area is 182 Å². The minimum atomic E-state index is -4.82. The van der Waals surface area contributed by atoms with Gasteiger partial charge in [0.2, 0.25) is 15.9 Å². The Morgan fingerprint density at radius 2 is 1.78 bits per heavy atom. The summed E-state index contributed by atoms with van der Waals surface area (Å²) >= 11 is 0. The third-order valence-corrected chi connectivity index (χ3v) is 7.27. The van der Waals surface area contributed by atoms with Crippen molar-refractivity contribution in [1.82, 2.24) is 4.31 Å². The van der Waals surface area contributed by atoms with Crippen molar-refractivity contribution in [3.8, 4) is 0 Å². The number of anilines is 1. The number of carbonyl (C=O) groups excluding carboxylic acids is 1. The van der Waals surface area contributed by atoms with Crippen molar-refractivity contribution in [3.05, 3.63) is 63.7 Å². The minimum Gasteiger partial charge on any atom is -0.326 e. The van der Waals surface area contributed by atoms with Crippen molar-refractivity contribution in [2.45, 2.75) is 30.8 Å². The van der Waals surface area contributed by atoms with Gasteiger partial charge in [-0.15, -0.1) is 0 Å². The molecule has 1 heterocycles. The maximum atomic E-state index is 13.2. The predicted molar refractivity (Wildman–Crippen MR) is 109 cm³/mol. The van der Waals surface area contributed by atoms with E-state index >= 15 is 0 Å². The zero-order valence-corrected chi connectivity index (χ0v) is 17.7. The number of sulfonamides is 1. The number of hydrogen-bond acceptors (Lipinski definition) is 5. The highest BCUT2D eigenvalue weighted by Gasteiger charge is 2.40. The van der Waals surface area contributed by atoms with Gasteiger partial charge < -0.3 is 5.32 Å². The highest BCUT2D eigenvalue weighted by molar-refractivity contribution is 7.89. The van der Waals surface area contributed by atoms with Gasteiger partial charge in [-0.1, -0.05) is 18.2 Å². The van der Waals surface area contributed by atoms with Gasteiger partial charge in [0.1, 0.15) is 0 Å². The van der Waals surface area contributed by atoms with Gasteiger partial charge in [-0.25, -0.2) is 8.42 Å². The van der Waals surface area contributed by atoms with Crippen LogP contribution in [0.15, 0.2) is 47.4 Å². The lowest BCUT2D eigenvalue weighted by molar-refractivity contribution is -0.385. The van der Waals surface area contributed by atoms with Crippen molar-refractivity contribution >= 4 is 27.3 Å². The molecule has 32 heavy (non-hydrogen) atoms. The number of rotatable bonds is 5. The molecule has 1 amide bonds. The molecule has 1 aliphatic rings. The van der Waals surface area contributed by atoms with E-state index in [-0.39, 0.29) is 37.3 Å². The third-order valence-electron chi connectivity index (χ3n) is 5.31. The molecule has 1 aliphatic heterocycles. The normalized spacial score (nSPS) is 16.0. The number of hydrogen-bond donors (Lipinski definition) is 1. The number of carbonyl (C=O) groups is 1. The Balaban J connectivity index is 1.70. The van der Waals surface area contributed by atoms with E-state index in [0.717, 1.165) is 16.4 Å². The largest absolute Gasteiger partial charge is 0.417 e. The van der Waals surface area contributed by atoms with Gasteiger partial charge in [-0.3, -0.25) is 14.9 Å². The zero-order valence-electron chi connectivity index (χ0n) is 16.9. The average molecular weight is 471 g/mol. The van der Waals surface area contributed by atoms with E-state index in [1.165, 1.54) is 24.3 Å². The number of aryl methyl sites for hydroxylation is 1. The van der Waals surface area contributed by atoms with E-state index in [0.29, 0.717) is 11.6 Å². The predicted octanol–water partition coefficient (Wildman–Crippen LogP) is 3.96. The van der Waals surface area contributed by atoms with Crippen LogP contribution in [-0.2, 0) is 21.0 Å². The molecule has 0 spiro atoms. The highest BCUT2D eigenvalue weighted by Crippen LogP contribution is 2.36. The minimum absolute atomic E-state index is 0.104. The molecule has 12 heteroatoms. The molecule has 0 bridgehead atoms. The van der Waals surface area contributed by atoms with Crippen LogP contribution >= 0.6 is 0 Å². The number of nitro groups is 1. The van der Waals surface area contributed by atoms with E-state index < -0.39 is 43.4 Å². The lowest BCUT2D eigenvalue weighted by atomic mass is 9.97. The standard InChI is InChI=1S/C20H20F3N3O5S/c1-13-6-7-15(12-17(13)26(28)29)24-19(27)14-8-10-25(11-9-14)32(30,31)18-5-3-2-4-16(18)20(21,22)23/h2-7,12,14H,8-11H2,1H3,(H,24,27). The second-order valence-corrected chi connectivity index (χ2v) is 9.33. The second-order valence-electron chi connectivity index (χ2n) is 7.42. The fraction of sp³-hybridized carbons (Fsp3) is 0.350. The second kappa shape index (κ2) is 8.87. The van der Waals surface area contributed by atoms with Crippen LogP contribution in [0.5, 0.6) is 0 Å². The lowest BCUT2D eigenvalue weighted by Crippen LogP contribution is -2.41. The summed E-state index contributed by atoms with van der Waals surface area (Å²) in [7, 11) is -4.40. The Kier molecular flexibility index (Phi) is 6.56. The van der Waals surface area contributed by atoms with Crippen LogP contribution in [0.4, 0.5) is 24.5 Å². The number of halogens is 3. The van der Waals surface area contributed by atoms with Gasteiger partial charge >= 0.3 is 6.18 Å². The summed E-state index contributed by atoms with van der Waals surface area (Å²) in [5.74, 6) is -1.02.